The van der Waals surface area contributed by atoms with Gasteiger partial charge in [0.25, 0.3) is 0 Å². The maximum atomic E-state index is 11.7. The van der Waals surface area contributed by atoms with Gasteiger partial charge in [0.1, 0.15) is 5.01 Å². The van der Waals surface area contributed by atoms with Crippen LogP contribution in [0.25, 0.3) is 16.5 Å². The van der Waals surface area contributed by atoms with Crippen molar-refractivity contribution in [2.75, 3.05) is 7.11 Å². The van der Waals surface area contributed by atoms with Gasteiger partial charge in [0.2, 0.25) is 5.91 Å². The predicted molar refractivity (Wildman–Crippen MR) is 109 cm³/mol. The van der Waals surface area contributed by atoms with Crippen LogP contribution < -0.4 is 5.73 Å². The molecule has 0 unspecified atom stereocenters. The lowest BCUT2D eigenvalue weighted by Gasteiger charge is -2.03. The molecule has 0 bridgehead atoms. The van der Waals surface area contributed by atoms with Crippen LogP contribution in [0.1, 0.15) is 47.7 Å². The number of nitrogens with one attached hydrogen (secondary N) is 1. The molecular weight excluding hydrogens is 362 g/mol. The van der Waals surface area contributed by atoms with Crippen molar-refractivity contribution in [2.45, 2.75) is 26.7 Å². The number of carbonyl (C=O) groups excluding carboxylic acids is 2. The van der Waals surface area contributed by atoms with Crippen molar-refractivity contribution in [3.8, 4) is 0 Å². The normalized spacial score (nSPS) is 11.0. The lowest BCUT2D eigenvalue weighted by molar-refractivity contribution is -0.115. The van der Waals surface area contributed by atoms with E-state index in [1.165, 1.54) is 25.4 Å². The number of para-hydroxylation sites is 1. The Balaban J connectivity index is 0.000000596. The Kier molecular flexibility index (Phi) is 7.31. The summed E-state index contributed by atoms with van der Waals surface area (Å²) in [6, 6.07) is 8.18. The predicted octanol–water partition coefficient (Wildman–Crippen LogP) is 4.13. The Labute approximate surface area is 162 Å². The number of nitrogens with two attached hydrogens (primary N) is 1. The zero-order valence-electron chi connectivity index (χ0n) is 15.6. The zero-order valence-corrected chi connectivity index (χ0v) is 16.4. The molecule has 3 rings (SSSR count). The number of hydrogen-bond acceptors (Lipinski definition) is 5. The number of amides is 1. The molecule has 0 aliphatic heterocycles. The van der Waals surface area contributed by atoms with Crippen LogP contribution in [0.2, 0.25) is 0 Å². The number of aromatic amines is 1. The van der Waals surface area contributed by atoms with Gasteiger partial charge in [-0.1, -0.05) is 37.6 Å². The first kappa shape index (κ1) is 20.4. The Hall–Kier alpha value is -2.93. The van der Waals surface area contributed by atoms with Gasteiger partial charge >= 0.3 is 5.97 Å². The van der Waals surface area contributed by atoms with Crippen LogP contribution in [0.4, 0.5) is 0 Å². The molecule has 3 N–H and O–H groups in total. The second-order valence-corrected chi connectivity index (χ2v) is 6.65. The van der Waals surface area contributed by atoms with E-state index >= 15 is 0 Å². The summed E-state index contributed by atoms with van der Waals surface area (Å²) in [5.74, 6) is -0.735. The molecule has 27 heavy (non-hydrogen) atoms. The summed E-state index contributed by atoms with van der Waals surface area (Å²) in [5, 5.41) is 3.74. The molecular formula is C20H23N3O3S. The van der Waals surface area contributed by atoms with E-state index in [4.69, 9.17) is 4.74 Å². The van der Waals surface area contributed by atoms with E-state index in [0.717, 1.165) is 39.9 Å². The van der Waals surface area contributed by atoms with E-state index < -0.39 is 5.97 Å². The second kappa shape index (κ2) is 9.68. The molecule has 0 saturated heterocycles. The number of carbonyl (C=O) groups is 2. The minimum absolute atomic E-state index is 0.333. The third-order valence-corrected chi connectivity index (χ3v) is 4.52. The van der Waals surface area contributed by atoms with E-state index in [9.17, 15) is 9.59 Å². The van der Waals surface area contributed by atoms with Crippen LogP contribution in [0.15, 0.2) is 41.9 Å². The summed E-state index contributed by atoms with van der Waals surface area (Å²) < 4.78 is 4.75. The summed E-state index contributed by atoms with van der Waals surface area (Å²) >= 11 is 1.46. The highest BCUT2D eigenvalue weighted by Crippen LogP contribution is 2.32. The standard InChI is InChI=1S/C18H18N2O2S.C2H5NO/c1-3-4-7-13(17-20-16(11-23-17)18(21)22-2)14-10-19-15-9-6-5-8-12(14)15;1-2(3)4/h5-11,19H,3-4H2,1-2H3;1H3,(H2,3,4)/b13-7+;. The van der Waals surface area contributed by atoms with Crippen molar-refractivity contribution in [3.63, 3.8) is 0 Å². The molecule has 2 heterocycles. The molecule has 0 aliphatic carbocycles. The minimum atomic E-state index is -0.402. The SMILES string of the molecule is CC(N)=O.CCC/C=C(/c1nc(C(=O)OC)cs1)c1c[nH]c2ccccc12. The molecule has 3 aromatic rings. The number of aromatic nitrogens is 2. The highest BCUT2D eigenvalue weighted by atomic mass is 32.1. The van der Waals surface area contributed by atoms with Crippen LogP contribution in [0.3, 0.4) is 0 Å². The first-order valence-corrected chi connectivity index (χ1v) is 9.42. The molecule has 0 spiro atoms. The van der Waals surface area contributed by atoms with E-state index in [0.29, 0.717) is 5.69 Å². The van der Waals surface area contributed by atoms with Crippen molar-refractivity contribution in [3.05, 3.63) is 58.2 Å². The molecule has 2 aromatic heterocycles. The second-order valence-electron chi connectivity index (χ2n) is 5.79. The Morgan fingerprint density at radius 1 is 1.33 bits per heavy atom. The highest BCUT2D eigenvalue weighted by molar-refractivity contribution is 7.11. The van der Waals surface area contributed by atoms with Crippen LogP contribution in [-0.4, -0.2) is 29.0 Å². The average molecular weight is 385 g/mol. The quantitative estimate of drug-likeness (QED) is 0.645. The van der Waals surface area contributed by atoms with Gasteiger partial charge in [0, 0.05) is 40.5 Å². The Morgan fingerprint density at radius 3 is 2.70 bits per heavy atom. The number of benzene rings is 1. The van der Waals surface area contributed by atoms with Crippen LogP contribution in [0, 0.1) is 0 Å². The average Bonchev–Trinajstić information content (AvgIpc) is 3.29. The number of nitrogens with zero attached hydrogens (tertiary/aromatic N) is 1. The molecule has 0 radical (unpaired) electrons. The van der Waals surface area contributed by atoms with Crippen molar-refractivity contribution in [1.82, 2.24) is 9.97 Å². The molecule has 0 aliphatic rings. The molecule has 0 fully saturated rings. The molecule has 7 heteroatoms. The van der Waals surface area contributed by atoms with E-state index in [1.54, 1.807) is 5.38 Å². The maximum absolute atomic E-state index is 11.7. The number of fused-ring (bicyclic) bond motifs is 1. The molecule has 142 valence electrons. The van der Waals surface area contributed by atoms with Gasteiger partial charge in [0.05, 0.1) is 7.11 Å². The van der Waals surface area contributed by atoms with Gasteiger partial charge in [-0.3, -0.25) is 4.79 Å². The fourth-order valence-electron chi connectivity index (χ4n) is 2.49. The van der Waals surface area contributed by atoms with Gasteiger partial charge in [-0.15, -0.1) is 11.3 Å². The summed E-state index contributed by atoms with van der Waals surface area (Å²) in [7, 11) is 1.37. The van der Waals surface area contributed by atoms with Gasteiger partial charge in [-0.05, 0) is 12.5 Å². The van der Waals surface area contributed by atoms with Crippen LogP contribution in [-0.2, 0) is 9.53 Å². The smallest absolute Gasteiger partial charge is 0.357 e. The first-order chi connectivity index (χ1) is 13.0. The lowest BCUT2D eigenvalue weighted by Crippen LogP contribution is -2.01. The first-order valence-electron chi connectivity index (χ1n) is 8.54. The number of thiazole rings is 1. The molecule has 0 atom stereocenters. The van der Waals surface area contributed by atoms with Crippen molar-refractivity contribution < 1.29 is 14.3 Å². The minimum Gasteiger partial charge on any atom is -0.464 e. The molecule has 6 nitrogen and oxygen atoms in total. The topological polar surface area (TPSA) is 98.1 Å². The number of ether oxygens (including phenoxy) is 1. The number of hydrogen-bond donors (Lipinski definition) is 2. The van der Waals surface area contributed by atoms with Crippen molar-refractivity contribution in [2.24, 2.45) is 5.73 Å². The van der Waals surface area contributed by atoms with Gasteiger partial charge in [-0.25, -0.2) is 9.78 Å². The van der Waals surface area contributed by atoms with E-state index in [-0.39, 0.29) is 5.91 Å². The van der Waals surface area contributed by atoms with E-state index in [1.807, 2.05) is 18.3 Å². The third-order valence-electron chi connectivity index (χ3n) is 3.65. The van der Waals surface area contributed by atoms with Crippen molar-refractivity contribution >= 4 is 39.7 Å². The zero-order chi connectivity index (χ0) is 19.8. The maximum Gasteiger partial charge on any atom is 0.357 e. The fourth-order valence-corrected chi connectivity index (χ4v) is 3.33. The number of primary amides is 1. The monoisotopic (exact) mass is 385 g/mol. The molecule has 1 aromatic carbocycles. The van der Waals surface area contributed by atoms with E-state index in [2.05, 4.69) is 40.8 Å². The lowest BCUT2D eigenvalue weighted by atomic mass is 10.0. The van der Waals surface area contributed by atoms with Crippen molar-refractivity contribution in [1.29, 1.82) is 0 Å². The van der Waals surface area contributed by atoms with Crippen LogP contribution >= 0.6 is 11.3 Å². The summed E-state index contributed by atoms with van der Waals surface area (Å²) in [5.41, 5.74) is 8.09. The summed E-state index contributed by atoms with van der Waals surface area (Å²) in [6.07, 6.45) is 6.21. The number of rotatable bonds is 5. The fraction of sp³-hybridized carbons (Fsp3) is 0.250. The summed E-state index contributed by atoms with van der Waals surface area (Å²) in [6.45, 7) is 3.45. The number of methoxy groups -OCH3 is 1. The van der Waals surface area contributed by atoms with Gasteiger partial charge in [0.15, 0.2) is 5.69 Å². The van der Waals surface area contributed by atoms with Gasteiger partial charge < -0.3 is 15.5 Å². The molecule has 1 amide bonds. The number of esters is 1. The Bertz CT molecular complexity index is 952. The number of unbranched alkanes of at least 4 members (excludes halogenated alkanes) is 1. The largest absolute Gasteiger partial charge is 0.464 e. The van der Waals surface area contributed by atoms with Crippen LogP contribution in [0.5, 0.6) is 0 Å². The third kappa shape index (κ3) is 5.27. The highest BCUT2D eigenvalue weighted by Gasteiger charge is 2.16. The number of allylic oxidation sites excluding steroid dienone is 1. The van der Waals surface area contributed by atoms with Gasteiger partial charge in [-0.2, -0.15) is 0 Å². The number of H-pyrrole nitrogens is 1. The summed E-state index contributed by atoms with van der Waals surface area (Å²) in [4.78, 5) is 28.6. The molecule has 0 saturated carbocycles. The Morgan fingerprint density at radius 2 is 2.04 bits per heavy atom.